The molecule has 3 nitrogen and oxygen atoms in total. The molecule has 2 rings (SSSR count). The molecule has 1 aromatic heterocycles. The molecule has 0 atom stereocenters. The smallest absolute Gasteiger partial charge is 0.213 e. The second-order valence-corrected chi connectivity index (χ2v) is 5.28. The van der Waals surface area contributed by atoms with E-state index in [-0.39, 0.29) is 6.10 Å². The molecule has 0 aromatic carbocycles. The van der Waals surface area contributed by atoms with E-state index in [2.05, 4.69) is 20.9 Å². The standard InChI is InChI=1S/C12H17BrN2O/c1-8-6-12(15-7-11(8)13)16-10-4-2-9(14)3-5-10/h6-7,9-10H,2-5,14H2,1H3. The van der Waals surface area contributed by atoms with Gasteiger partial charge in [0, 0.05) is 22.8 Å². The molecule has 1 aliphatic carbocycles. The van der Waals surface area contributed by atoms with E-state index in [9.17, 15) is 0 Å². The molecule has 1 saturated carbocycles. The number of pyridine rings is 1. The summed E-state index contributed by atoms with van der Waals surface area (Å²) in [6.45, 7) is 2.04. The van der Waals surface area contributed by atoms with Crippen LogP contribution in [0, 0.1) is 6.92 Å². The van der Waals surface area contributed by atoms with Crippen molar-refractivity contribution in [2.24, 2.45) is 5.73 Å². The lowest BCUT2D eigenvalue weighted by Crippen LogP contribution is -2.31. The van der Waals surface area contributed by atoms with Gasteiger partial charge in [-0.05, 0) is 54.1 Å². The normalized spacial score (nSPS) is 25.4. The topological polar surface area (TPSA) is 48.1 Å². The van der Waals surface area contributed by atoms with Gasteiger partial charge in [-0.2, -0.15) is 0 Å². The summed E-state index contributed by atoms with van der Waals surface area (Å²) < 4.78 is 6.87. The van der Waals surface area contributed by atoms with Crippen LogP contribution in [0.4, 0.5) is 0 Å². The van der Waals surface area contributed by atoms with Crippen molar-refractivity contribution in [2.45, 2.75) is 44.8 Å². The maximum absolute atomic E-state index is 5.86. The van der Waals surface area contributed by atoms with Crippen molar-refractivity contribution in [3.05, 3.63) is 22.3 Å². The predicted octanol–water partition coefficient (Wildman–Crippen LogP) is 2.80. The molecule has 1 heterocycles. The van der Waals surface area contributed by atoms with E-state index in [4.69, 9.17) is 10.5 Å². The molecule has 0 radical (unpaired) electrons. The molecule has 0 bridgehead atoms. The fourth-order valence-corrected chi connectivity index (χ4v) is 2.17. The van der Waals surface area contributed by atoms with E-state index in [1.165, 1.54) is 0 Å². The van der Waals surface area contributed by atoms with E-state index in [1.54, 1.807) is 6.20 Å². The monoisotopic (exact) mass is 284 g/mol. The quantitative estimate of drug-likeness (QED) is 0.909. The Labute approximate surface area is 105 Å². The van der Waals surface area contributed by atoms with Gasteiger partial charge in [-0.3, -0.25) is 0 Å². The largest absolute Gasteiger partial charge is 0.474 e. The van der Waals surface area contributed by atoms with E-state index in [1.807, 2.05) is 13.0 Å². The van der Waals surface area contributed by atoms with Gasteiger partial charge in [0.05, 0.1) is 0 Å². The number of rotatable bonds is 2. The first-order chi connectivity index (χ1) is 7.65. The zero-order chi connectivity index (χ0) is 11.5. The van der Waals surface area contributed by atoms with Crippen LogP contribution >= 0.6 is 15.9 Å². The van der Waals surface area contributed by atoms with Crippen molar-refractivity contribution in [1.29, 1.82) is 0 Å². The Morgan fingerprint density at radius 1 is 1.38 bits per heavy atom. The summed E-state index contributed by atoms with van der Waals surface area (Å²) in [6, 6.07) is 2.33. The molecule has 88 valence electrons. The molecule has 0 unspecified atom stereocenters. The molecule has 1 aliphatic rings. The van der Waals surface area contributed by atoms with E-state index >= 15 is 0 Å². The van der Waals surface area contributed by atoms with Crippen LogP contribution in [0.2, 0.25) is 0 Å². The number of nitrogens with two attached hydrogens (primary N) is 1. The first-order valence-corrected chi connectivity index (χ1v) is 6.49. The van der Waals surface area contributed by atoms with E-state index < -0.39 is 0 Å². The number of hydrogen-bond acceptors (Lipinski definition) is 3. The minimum atomic E-state index is 0.285. The zero-order valence-electron chi connectivity index (χ0n) is 9.45. The van der Waals surface area contributed by atoms with Gasteiger partial charge in [0.2, 0.25) is 5.88 Å². The Hall–Kier alpha value is -0.610. The van der Waals surface area contributed by atoms with Crippen molar-refractivity contribution >= 4 is 15.9 Å². The highest BCUT2D eigenvalue weighted by Crippen LogP contribution is 2.24. The molecule has 16 heavy (non-hydrogen) atoms. The Bertz CT molecular complexity index is 362. The summed E-state index contributed by atoms with van der Waals surface area (Å²) in [6.07, 6.45) is 6.27. The molecule has 1 aromatic rings. The number of aromatic nitrogens is 1. The molecule has 4 heteroatoms. The minimum Gasteiger partial charge on any atom is -0.474 e. The Kier molecular flexibility index (Phi) is 3.82. The Morgan fingerprint density at radius 2 is 2.06 bits per heavy atom. The predicted molar refractivity (Wildman–Crippen MR) is 67.5 cm³/mol. The average Bonchev–Trinajstić information content (AvgIpc) is 2.27. The van der Waals surface area contributed by atoms with Crippen LogP contribution in [-0.2, 0) is 0 Å². The van der Waals surface area contributed by atoms with E-state index in [0.717, 1.165) is 41.6 Å². The lowest BCUT2D eigenvalue weighted by Gasteiger charge is -2.26. The van der Waals surface area contributed by atoms with E-state index in [0.29, 0.717) is 6.04 Å². The zero-order valence-corrected chi connectivity index (χ0v) is 11.0. The van der Waals surface area contributed by atoms with Crippen LogP contribution < -0.4 is 10.5 Å². The third-order valence-electron chi connectivity index (χ3n) is 3.03. The van der Waals surface area contributed by atoms with Crippen molar-refractivity contribution < 1.29 is 4.74 Å². The highest BCUT2D eigenvalue weighted by Gasteiger charge is 2.20. The number of nitrogens with zero attached hydrogens (tertiary/aromatic N) is 1. The van der Waals surface area contributed by atoms with Crippen LogP contribution in [0.25, 0.3) is 0 Å². The number of hydrogen-bond donors (Lipinski definition) is 1. The minimum absolute atomic E-state index is 0.285. The summed E-state index contributed by atoms with van der Waals surface area (Å²) in [4.78, 5) is 4.25. The maximum atomic E-state index is 5.86. The Balaban J connectivity index is 1.96. The van der Waals surface area contributed by atoms with Gasteiger partial charge in [-0.15, -0.1) is 0 Å². The summed E-state index contributed by atoms with van der Waals surface area (Å²) in [7, 11) is 0. The molecule has 0 amide bonds. The third-order valence-corrected chi connectivity index (χ3v) is 3.86. The Morgan fingerprint density at radius 3 is 2.69 bits per heavy atom. The molecule has 2 N–H and O–H groups in total. The van der Waals surface area contributed by atoms with Crippen LogP contribution in [0.1, 0.15) is 31.2 Å². The fourth-order valence-electron chi connectivity index (χ4n) is 1.96. The SMILES string of the molecule is Cc1cc(OC2CCC(N)CC2)ncc1Br. The van der Waals surface area contributed by atoms with Crippen molar-refractivity contribution in [3.63, 3.8) is 0 Å². The molecule has 0 aliphatic heterocycles. The summed E-state index contributed by atoms with van der Waals surface area (Å²) in [5.41, 5.74) is 7.01. The van der Waals surface area contributed by atoms with Gasteiger partial charge in [-0.1, -0.05) is 0 Å². The summed E-state index contributed by atoms with van der Waals surface area (Å²) >= 11 is 3.43. The highest BCUT2D eigenvalue weighted by atomic mass is 79.9. The first-order valence-electron chi connectivity index (χ1n) is 5.69. The molecule has 1 fully saturated rings. The highest BCUT2D eigenvalue weighted by molar-refractivity contribution is 9.10. The molecule has 0 spiro atoms. The molecular formula is C12H17BrN2O. The van der Waals surface area contributed by atoms with Gasteiger partial charge in [-0.25, -0.2) is 4.98 Å². The lowest BCUT2D eigenvalue weighted by molar-refractivity contribution is 0.141. The van der Waals surface area contributed by atoms with Gasteiger partial charge >= 0.3 is 0 Å². The lowest BCUT2D eigenvalue weighted by atomic mass is 9.94. The third kappa shape index (κ3) is 2.95. The van der Waals surface area contributed by atoms with Crippen molar-refractivity contribution in [3.8, 4) is 5.88 Å². The second-order valence-electron chi connectivity index (χ2n) is 4.43. The maximum Gasteiger partial charge on any atom is 0.213 e. The van der Waals surface area contributed by atoms with Gasteiger partial charge in [0.15, 0.2) is 0 Å². The second kappa shape index (κ2) is 5.15. The number of aryl methyl sites for hydroxylation is 1. The molecular weight excluding hydrogens is 268 g/mol. The van der Waals surface area contributed by atoms with Gasteiger partial charge in [0.25, 0.3) is 0 Å². The van der Waals surface area contributed by atoms with Crippen molar-refractivity contribution in [2.75, 3.05) is 0 Å². The molecule has 0 saturated heterocycles. The number of ether oxygens (including phenoxy) is 1. The van der Waals surface area contributed by atoms with Gasteiger partial charge < -0.3 is 10.5 Å². The van der Waals surface area contributed by atoms with Crippen LogP contribution in [-0.4, -0.2) is 17.1 Å². The van der Waals surface area contributed by atoms with Crippen molar-refractivity contribution in [1.82, 2.24) is 4.98 Å². The average molecular weight is 285 g/mol. The summed E-state index contributed by atoms with van der Waals surface area (Å²) in [5, 5.41) is 0. The fraction of sp³-hybridized carbons (Fsp3) is 0.583. The van der Waals surface area contributed by atoms with Crippen LogP contribution in [0.5, 0.6) is 5.88 Å². The first kappa shape index (κ1) is 11.9. The summed E-state index contributed by atoms with van der Waals surface area (Å²) in [5.74, 6) is 0.723. The number of halogens is 1. The van der Waals surface area contributed by atoms with Gasteiger partial charge in [0.1, 0.15) is 6.10 Å². The van der Waals surface area contributed by atoms with Crippen LogP contribution in [0.15, 0.2) is 16.7 Å². The van der Waals surface area contributed by atoms with Crippen LogP contribution in [0.3, 0.4) is 0 Å².